The Bertz CT molecular complexity index is 1460. The molecule has 0 aliphatic rings. The van der Waals surface area contributed by atoms with Gasteiger partial charge in [-0.2, -0.15) is 10.2 Å². The summed E-state index contributed by atoms with van der Waals surface area (Å²) < 4.78 is 16.9. The molecule has 0 radical (unpaired) electrons. The highest BCUT2D eigenvalue weighted by atomic mass is 35.5. The van der Waals surface area contributed by atoms with Crippen LogP contribution in [0.1, 0.15) is 0 Å². The summed E-state index contributed by atoms with van der Waals surface area (Å²) in [4.78, 5) is 21.0. The molecule has 0 amide bonds. The van der Waals surface area contributed by atoms with E-state index in [1.54, 1.807) is 47.5 Å². The van der Waals surface area contributed by atoms with Gasteiger partial charge in [-0.15, -0.1) is 0 Å². The molecule has 30 heavy (non-hydrogen) atoms. The fraction of sp³-hybridized carbons (Fsp3) is 0. The number of benzene rings is 1. The SMILES string of the molecule is O=c1ccn(-c2cncc(Cl)c2)nc1-c1ccnn1-c1ccnc2ccc(F)cc12. The smallest absolute Gasteiger partial charge is 0.209 e. The van der Waals surface area contributed by atoms with E-state index in [0.717, 1.165) is 0 Å². The highest BCUT2D eigenvalue weighted by Gasteiger charge is 2.16. The lowest BCUT2D eigenvalue weighted by atomic mass is 10.1. The van der Waals surface area contributed by atoms with Crippen LogP contribution in [-0.4, -0.2) is 29.5 Å². The van der Waals surface area contributed by atoms with Gasteiger partial charge in [0.1, 0.15) is 5.82 Å². The average molecular weight is 419 g/mol. The molecule has 146 valence electrons. The average Bonchev–Trinajstić information content (AvgIpc) is 3.23. The molecule has 1 aromatic carbocycles. The van der Waals surface area contributed by atoms with Crippen molar-refractivity contribution < 1.29 is 4.39 Å². The number of fused-ring (bicyclic) bond motifs is 1. The summed E-state index contributed by atoms with van der Waals surface area (Å²) >= 11 is 6.02. The van der Waals surface area contributed by atoms with Crippen molar-refractivity contribution in [1.82, 2.24) is 29.5 Å². The van der Waals surface area contributed by atoms with Crippen LogP contribution in [0, 0.1) is 5.82 Å². The van der Waals surface area contributed by atoms with Crippen molar-refractivity contribution in [3.8, 4) is 22.8 Å². The second-order valence-electron chi connectivity index (χ2n) is 6.45. The molecule has 5 aromatic rings. The van der Waals surface area contributed by atoms with E-state index >= 15 is 0 Å². The molecule has 7 nitrogen and oxygen atoms in total. The van der Waals surface area contributed by atoms with E-state index in [0.29, 0.717) is 33.0 Å². The van der Waals surface area contributed by atoms with E-state index in [4.69, 9.17) is 11.6 Å². The molecule has 0 saturated carbocycles. The Morgan fingerprint density at radius 3 is 2.77 bits per heavy atom. The van der Waals surface area contributed by atoms with Gasteiger partial charge in [0, 0.05) is 30.0 Å². The first kappa shape index (κ1) is 18.1. The first-order valence-electron chi connectivity index (χ1n) is 8.90. The Morgan fingerprint density at radius 2 is 1.90 bits per heavy atom. The Labute approximate surface area is 174 Å². The lowest BCUT2D eigenvalue weighted by molar-refractivity contribution is 0.629. The lowest BCUT2D eigenvalue weighted by Crippen LogP contribution is -2.15. The minimum absolute atomic E-state index is 0.177. The van der Waals surface area contributed by atoms with Crippen LogP contribution in [0.4, 0.5) is 4.39 Å². The third-order valence-electron chi connectivity index (χ3n) is 4.56. The highest BCUT2D eigenvalue weighted by molar-refractivity contribution is 6.30. The van der Waals surface area contributed by atoms with Gasteiger partial charge in [-0.3, -0.25) is 14.8 Å². The third kappa shape index (κ3) is 3.13. The van der Waals surface area contributed by atoms with Gasteiger partial charge in [0.05, 0.1) is 40.0 Å². The Kier molecular flexibility index (Phi) is 4.33. The molecule has 4 heterocycles. The van der Waals surface area contributed by atoms with Gasteiger partial charge in [-0.05, 0) is 36.4 Å². The number of aromatic nitrogens is 6. The number of halogens is 2. The molecular weight excluding hydrogens is 407 g/mol. The summed E-state index contributed by atoms with van der Waals surface area (Å²) in [6, 6.07) is 10.8. The quantitative estimate of drug-likeness (QED) is 0.445. The number of hydrogen-bond donors (Lipinski definition) is 0. The Hall–Kier alpha value is -3.91. The number of hydrogen-bond acceptors (Lipinski definition) is 5. The maximum atomic E-state index is 13.9. The summed E-state index contributed by atoms with van der Waals surface area (Å²) in [5.74, 6) is -0.390. The number of pyridine rings is 2. The zero-order valence-electron chi connectivity index (χ0n) is 15.3. The van der Waals surface area contributed by atoms with Crippen LogP contribution in [-0.2, 0) is 0 Å². The largest absolute Gasteiger partial charge is 0.287 e. The van der Waals surface area contributed by atoms with Gasteiger partial charge in [-0.25, -0.2) is 13.8 Å². The van der Waals surface area contributed by atoms with Crippen molar-refractivity contribution in [3.05, 3.63) is 94.5 Å². The minimum atomic E-state index is -0.390. The molecule has 0 fully saturated rings. The maximum absolute atomic E-state index is 13.9. The zero-order chi connectivity index (χ0) is 20.7. The Balaban J connectivity index is 1.71. The van der Waals surface area contributed by atoms with Crippen molar-refractivity contribution in [1.29, 1.82) is 0 Å². The molecular formula is C21H12ClFN6O. The van der Waals surface area contributed by atoms with Crippen molar-refractivity contribution in [3.63, 3.8) is 0 Å². The van der Waals surface area contributed by atoms with Crippen LogP contribution in [0.5, 0.6) is 0 Å². The van der Waals surface area contributed by atoms with Crippen LogP contribution in [0.2, 0.25) is 5.02 Å². The van der Waals surface area contributed by atoms with E-state index in [1.807, 2.05) is 0 Å². The van der Waals surface area contributed by atoms with Crippen molar-refractivity contribution in [2.75, 3.05) is 0 Å². The van der Waals surface area contributed by atoms with Crippen molar-refractivity contribution in [2.24, 2.45) is 0 Å². The fourth-order valence-electron chi connectivity index (χ4n) is 3.22. The van der Waals surface area contributed by atoms with E-state index in [1.165, 1.54) is 35.3 Å². The van der Waals surface area contributed by atoms with E-state index in [9.17, 15) is 9.18 Å². The van der Waals surface area contributed by atoms with E-state index < -0.39 is 0 Å². The topological polar surface area (TPSA) is 78.5 Å². The van der Waals surface area contributed by atoms with Gasteiger partial charge in [-0.1, -0.05) is 11.6 Å². The molecule has 0 unspecified atom stereocenters. The van der Waals surface area contributed by atoms with Crippen molar-refractivity contribution in [2.45, 2.75) is 0 Å². The summed E-state index contributed by atoms with van der Waals surface area (Å²) in [6.07, 6.45) is 7.80. The van der Waals surface area contributed by atoms with Crippen LogP contribution < -0.4 is 5.43 Å². The van der Waals surface area contributed by atoms with Gasteiger partial charge in [0.25, 0.3) is 0 Å². The van der Waals surface area contributed by atoms with Gasteiger partial charge in [0.15, 0.2) is 5.69 Å². The number of rotatable bonds is 3. The van der Waals surface area contributed by atoms with E-state index in [-0.39, 0.29) is 16.9 Å². The fourth-order valence-corrected chi connectivity index (χ4v) is 3.39. The summed E-state index contributed by atoms with van der Waals surface area (Å²) in [5.41, 5.74) is 2.15. The molecule has 0 aliphatic heterocycles. The van der Waals surface area contributed by atoms with Crippen LogP contribution in [0.3, 0.4) is 0 Å². The predicted molar refractivity (Wildman–Crippen MR) is 110 cm³/mol. The standard InChI is InChI=1S/C21H12ClFN6O/c22-13-9-15(12-24-11-13)28-8-5-20(30)21(27-28)19-4-7-26-29(19)18-3-6-25-17-2-1-14(23)10-16(17)18/h1-12H. The first-order valence-corrected chi connectivity index (χ1v) is 9.28. The van der Waals surface area contributed by atoms with Crippen LogP contribution in [0.25, 0.3) is 33.7 Å². The normalized spacial score (nSPS) is 11.1. The Morgan fingerprint density at radius 1 is 1.00 bits per heavy atom. The highest BCUT2D eigenvalue weighted by Crippen LogP contribution is 2.25. The first-order chi connectivity index (χ1) is 14.6. The van der Waals surface area contributed by atoms with Crippen LogP contribution in [0.15, 0.2) is 78.2 Å². The molecule has 0 bridgehead atoms. The van der Waals surface area contributed by atoms with Gasteiger partial charge in [0.2, 0.25) is 5.43 Å². The van der Waals surface area contributed by atoms with Crippen LogP contribution >= 0.6 is 11.6 Å². The van der Waals surface area contributed by atoms with E-state index in [2.05, 4.69) is 20.2 Å². The molecule has 0 N–H and O–H groups in total. The number of nitrogens with zero attached hydrogens (tertiary/aromatic N) is 6. The summed E-state index contributed by atoms with van der Waals surface area (Å²) in [7, 11) is 0. The zero-order valence-corrected chi connectivity index (χ0v) is 16.0. The predicted octanol–water partition coefficient (Wildman–Crippen LogP) is 3.82. The molecule has 9 heteroatoms. The second-order valence-corrected chi connectivity index (χ2v) is 6.89. The molecule has 0 atom stereocenters. The van der Waals surface area contributed by atoms with Gasteiger partial charge >= 0.3 is 0 Å². The molecule has 0 saturated heterocycles. The summed E-state index contributed by atoms with van der Waals surface area (Å²) in [5, 5.41) is 9.83. The van der Waals surface area contributed by atoms with Crippen molar-refractivity contribution >= 4 is 22.5 Å². The second kappa shape index (κ2) is 7.16. The molecule has 5 rings (SSSR count). The lowest BCUT2D eigenvalue weighted by Gasteiger charge is -2.11. The molecule has 0 aliphatic carbocycles. The molecule has 0 spiro atoms. The van der Waals surface area contributed by atoms with Gasteiger partial charge < -0.3 is 0 Å². The third-order valence-corrected chi connectivity index (χ3v) is 4.76. The maximum Gasteiger partial charge on any atom is 0.209 e. The minimum Gasteiger partial charge on any atom is -0.287 e. The monoisotopic (exact) mass is 418 g/mol. The summed E-state index contributed by atoms with van der Waals surface area (Å²) in [6.45, 7) is 0. The molecule has 4 aromatic heterocycles.